The highest BCUT2D eigenvalue weighted by atomic mass is 79.9. The molecular weight excluding hydrogens is 374 g/mol. The van der Waals surface area contributed by atoms with E-state index in [1.54, 1.807) is 0 Å². The van der Waals surface area contributed by atoms with Gasteiger partial charge in [-0.2, -0.15) is 24.4 Å². The molecule has 0 unspecified atom stereocenters. The lowest BCUT2D eigenvalue weighted by atomic mass is 10.4. The highest BCUT2D eigenvalue weighted by molar-refractivity contribution is 9.10. The lowest BCUT2D eigenvalue weighted by Gasteiger charge is -2.21. The Morgan fingerprint density at radius 3 is 2.86 bits per heavy atom. The molecule has 21 heavy (non-hydrogen) atoms. The minimum atomic E-state index is -0.165. The van der Waals surface area contributed by atoms with Crippen LogP contribution in [-0.2, 0) is 0 Å². The number of halogens is 1. The van der Waals surface area contributed by atoms with Crippen LogP contribution in [0.25, 0.3) is 11.2 Å². The normalized spacial score (nSPS) is 11.2. The molecule has 0 saturated heterocycles. The van der Waals surface area contributed by atoms with Crippen molar-refractivity contribution in [2.45, 2.75) is 13.3 Å². The topological polar surface area (TPSA) is 46.6 Å². The Hall–Kier alpha value is -0.530. The predicted octanol–water partition coefficient (Wildman–Crippen LogP) is 4.03. The summed E-state index contributed by atoms with van der Waals surface area (Å²) < 4.78 is 11.7. The fourth-order valence-corrected chi connectivity index (χ4v) is 3.37. The van der Waals surface area contributed by atoms with Crippen molar-refractivity contribution in [2.75, 3.05) is 35.2 Å². The Labute approximate surface area is 141 Å². The minimum Gasteiger partial charge on any atom is -0.456 e. The molecule has 0 spiro atoms. The van der Waals surface area contributed by atoms with Crippen LogP contribution in [0.4, 0.5) is 5.88 Å². The summed E-state index contributed by atoms with van der Waals surface area (Å²) in [6.45, 7) is 3.73. The predicted molar refractivity (Wildman–Crippen MR) is 96.1 cm³/mol. The minimum absolute atomic E-state index is 0.165. The van der Waals surface area contributed by atoms with Crippen LogP contribution >= 0.6 is 40.3 Å². The second-order valence-corrected chi connectivity index (χ2v) is 7.04. The zero-order valence-electron chi connectivity index (χ0n) is 11.8. The smallest absolute Gasteiger partial charge is 0.230 e. The Kier molecular flexibility index (Phi) is 6.57. The Morgan fingerprint density at radius 2 is 2.14 bits per heavy atom. The maximum absolute atomic E-state index is 12.1. The number of fused-ring (bicyclic) bond motifs is 1. The van der Waals surface area contributed by atoms with Crippen molar-refractivity contribution in [3.63, 3.8) is 0 Å². The van der Waals surface area contributed by atoms with Crippen LogP contribution in [0.5, 0.6) is 0 Å². The number of anilines is 1. The average Bonchev–Trinajstić information content (AvgIpc) is 2.84. The van der Waals surface area contributed by atoms with E-state index in [2.05, 4.69) is 40.4 Å². The van der Waals surface area contributed by atoms with Gasteiger partial charge in [0.25, 0.3) is 0 Å². The van der Waals surface area contributed by atoms with Crippen molar-refractivity contribution >= 4 is 57.4 Å². The third-order valence-electron chi connectivity index (χ3n) is 2.92. The number of thiol groups is 1. The first kappa shape index (κ1) is 16.8. The van der Waals surface area contributed by atoms with E-state index in [0.29, 0.717) is 21.7 Å². The van der Waals surface area contributed by atoms with Crippen molar-refractivity contribution in [1.29, 1.82) is 0 Å². The molecule has 2 aromatic heterocycles. The maximum atomic E-state index is 12.1. The zero-order valence-corrected chi connectivity index (χ0v) is 15.1. The summed E-state index contributed by atoms with van der Waals surface area (Å²) in [6.07, 6.45) is 2.64. The number of hydrogen-bond acceptors (Lipinski definition) is 6. The van der Waals surface area contributed by atoms with E-state index in [1.807, 2.05) is 11.8 Å². The molecule has 0 radical (unpaired) electrons. The average molecular weight is 392 g/mol. The molecule has 0 aliphatic rings. The van der Waals surface area contributed by atoms with Crippen molar-refractivity contribution in [3.05, 3.63) is 27.0 Å². The van der Waals surface area contributed by atoms with E-state index in [0.717, 1.165) is 24.6 Å². The SMILES string of the molecule is CCCSCCN(CCS)c1cc(=O)c2occ(Br)c2o1. The first-order chi connectivity index (χ1) is 10.2. The molecule has 0 saturated carbocycles. The molecule has 0 bridgehead atoms. The van der Waals surface area contributed by atoms with Gasteiger partial charge in [0.2, 0.25) is 11.0 Å². The summed E-state index contributed by atoms with van der Waals surface area (Å²) in [7, 11) is 0. The second-order valence-electron chi connectivity index (χ2n) is 4.51. The zero-order chi connectivity index (χ0) is 15.2. The van der Waals surface area contributed by atoms with Crippen LogP contribution in [0.1, 0.15) is 13.3 Å². The van der Waals surface area contributed by atoms with Gasteiger partial charge < -0.3 is 13.7 Å². The van der Waals surface area contributed by atoms with Crippen molar-refractivity contribution < 1.29 is 8.83 Å². The first-order valence-corrected chi connectivity index (χ1v) is 9.39. The van der Waals surface area contributed by atoms with Gasteiger partial charge >= 0.3 is 0 Å². The van der Waals surface area contributed by atoms with Crippen molar-refractivity contribution in [1.82, 2.24) is 0 Å². The van der Waals surface area contributed by atoms with Crippen LogP contribution < -0.4 is 10.3 Å². The van der Waals surface area contributed by atoms with Crippen molar-refractivity contribution in [2.24, 2.45) is 0 Å². The quantitative estimate of drug-likeness (QED) is 0.543. The third kappa shape index (κ3) is 4.23. The van der Waals surface area contributed by atoms with E-state index in [-0.39, 0.29) is 11.0 Å². The third-order valence-corrected chi connectivity index (χ3v) is 4.84. The largest absolute Gasteiger partial charge is 0.456 e. The highest BCUT2D eigenvalue weighted by Crippen LogP contribution is 2.27. The van der Waals surface area contributed by atoms with E-state index >= 15 is 0 Å². The van der Waals surface area contributed by atoms with Gasteiger partial charge in [0.15, 0.2) is 11.5 Å². The van der Waals surface area contributed by atoms with Crippen LogP contribution in [-0.4, -0.2) is 30.3 Å². The van der Waals surface area contributed by atoms with Gasteiger partial charge in [0, 0.05) is 24.6 Å². The van der Waals surface area contributed by atoms with E-state index in [9.17, 15) is 4.79 Å². The molecule has 0 N–H and O–H groups in total. The van der Waals surface area contributed by atoms with Gasteiger partial charge in [-0.05, 0) is 28.1 Å². The Bertz CT molecular complexity index is 641. The van der Waals surface area contributed by atoms with E-state index in [4.69, 9.17) is 8.83 Å². The standard InChI is InChI=1S/C14H18BrNO3S2/c1-2-6-21-7-4-16(3-5-20)12-8-11(17)14-13(19-12)10(15)9-18-14/h8-9,20H,2-7H2,1H3. The van der Waals surface area contributed by atoms with E-state index in [1.165, 1.54) is 18.8 Å². The van der Waals surface area contributed by atoms with Gasteiger partial charge in [-0.15, -0.1) is 0 Å². The van der Waals surface area contributed by atoms with E-state index < -0.39 is 0 Å². The molecule has 0 aromatic carbocycles. The Balaban J connectivity index is 2.22. The summed E-state index contributed by atoms with van der Waals surface area (Å²) in [4.78, 5) is 14.1. The Morgan fingerprint density at radius 1 is 1.33 bits per heavy atom. The molecule has 2 heterocycles. The molecule has 0 fully saturated rings. The summed E-state index contributed by atoms with van der Waals surface area (Å²) in [6, 6.07) is 1.49. The van der Waals surface area contributed by atoms with Crippen LogP contribution in [0.2, 0.25) is 0 Å². The molecule has 0 aliphatic heterocycles. The molecule has 0 atom stereocenters. The molecule has 0 amide bonds. The van der Waals surface area contributed by atoms with Crippen LogP contribution in [0.3, 0.4) is 0 Å². The number of furan rings is 1. The summed E-state index contributed by atoms with van der Waals surface area (Å²) in [5.74, 6) is 3.41. The molecule has 116 valence electrons. The fourth-order valence-electron chi connectivity index (χ4n) is 1.93. The van der Waals surface area contributed by atoms with Gasteiger partial charge in [-0.1, -0.05) is 6.92 Å². The molecule has 2 aromatic rings. The van der Waals surface area contributed by atoms with Gasteiger partial charge in [0.1, 0.15) is 6.26 Å². The van der Waals surface area contributed by atoms with Gasteiger partial charge in [-0.25, -0.2) is 0 Å². The van der Waals surface area contributed by atoms with Gasteiger partial charge in [0.05, 0.1) is 10.5 Å². The fraction of sp³-hybridized carbons (Fsp3) is 0.500. The molecule has 7 heteroatoms. The summed E-state index contributed by atoms with van der Waals surface area (Å²) in [5, 5.41) is 0. The number of rotatable bonds is 8. The number of hydrogen-bond donors (Lipinski definition) is 1. The van der Waals surface area contributed by atoms with Gasteiger partial charge in [-0.3, -0.25) is 4.79 Å². The maximum Gasteiger partial charge on any atom is 0.230 e. The highest BCUT2D eigenvalue weighted by Gasteiger charge is 2.15. The monoisotopic (exact) mass is 391 g/mol. The molecular formula is C14H18BrNO3S2. The van der Waals surface area contributed by atoms with Crippen LogP contribution in [0.15, 0.2) is 30.4 Å². The second kappa shape index (κ2) is 8.19. The lowest BCUT2D eigenvalue weighted by Crippen LogP contribution is -2.28. The van der Waals surface area contributed by atoms with Crippen molar-refractivity contribution in [3.8, 4) is 0 Å². The molecule has 0 aliphatic carbocycles. The lowest BCUT2D eigenvalue weighted by molar-refractivity contribution is 0.564. The molecule has 4 nitrogen and oxygen atoms in total. The summed E-state index contributed by atoms with van der Waals surface area (Å²) in [5.41, 5.74) is 0.544. The first-order valence-electron chi connectivity index (χ1n) is 6.81. The molecule has 2 rings (SSSR count). The number of thioether (sulfide) groups is 1. The number of nitrogens with zero attached hydrogens (tertiary/aromatic N) is 1. The van der Waals surface area contributed by atoms with Crippen LogP contribution in [0, 0.1) is 0 Å². The summed E-state index contributed by atoms with van der Waals surface area (Å²) >= 11 is 9.52.